The van der Waals surface area contributed by atoms with E-state index in [1.54, 1.807) is 42.1 Å². The summed E-state index contributed by atoms with van der Waals surface area (Å²) in [6.45, 7) is 2.38. The van der Waals surface area contributed by atoms with E-state index in [2.05, 4.69) is 15.7 Å². The molecule has 0 radical (unpaired) electrons. The standard InChI is InChI=1S/C23H27N5O3/c1-3-24-23(31)28-20(15-7-4-5-8-15)14-18(26-28)17-11-10-16(13-21(17)29)25-22(30)19-9-6-12-27(19)2/h6,9-15,29H,3-5,7-8H2,1-2H3,(H,24,31)(H,25,30). The maximum atomic E-state index is 12.5. The summed E-state index contributed by atoms with van der Waals surface area (Å²) in [6.07, 6.45) is 6.13. The van der Waals surface area contributed by atoms with E-state index in [1.165, 1.54) is 10.7 Å². The van der Waals surface area contributed by atoms with Gasteiger partial charge in [-0.25, -0.2) is 4.79 Å². The van der Waals surface area contributed by atoms with Crippen molar-refractivity contribution in [2.45, 2.75) is 38.5 Å². The summed E-state index contributed by atoms with van der Waals surface area (Å²) in [5, 5.41) is 20.7. The minimum atomic E-state index is -0.262. The van der Waals surface area contributed by atoms with Gasteiger partial charge in [0.2, 0.25) is 0 Å². The quantitative estimate of drug-likeness (QED) is 0.578. The normalized spacial score (nSPS) is 14.0. The molecule has 0 atom stereocenters. The van der Waals surface area contributed by atoms with E-state index in [0.717, 1.165) is 31.4 Å². The third-order valence-corrected chi connectivity index (χ3v) is 5.74. The highest BCUT2D eigenvalue weighted by atomic mass is 16.3. The van der Waals surface area contributed by atoms with E-state index < -0.39 is 0 Å². The average molecular weight is 422 g/mol. The van der Waals surface area contributed by atoms with Gasteiger partial charge in [0.05, 0.1) is 11.4 Å². The van der Waals surface area contributed by atoms with Crippen molar-refractivity contribution in [1.82, 2.24) is 19.7 Å². The maximum absolute atomic E-state index is 12.5. The van der Waals surface area contributed by atoms with E-state index in [9.17, 15) is 14.7 Å². The summed E-state index contributed by atoms with van der Waals surface area (Å²) >= 11 is 0. The summed E-state index contributed by atoms with van der Waals surface area (Å²) in [7, 11) is 1.79. The highest BCUT2D eigenvalue weighted by Gasteiger charge is 2.25. The molecule has 8 heteroatoms. The van der Waals surface area contributed by atoms with Crippen LogP contribution in [0.2, 0.25) is 0 Å². The number of aromatic hydroxyl groups is 1. The molecule has 3 aromatic rings. The van der Waals surface area contributed by atoms with Crippen LogP contribution in [0.5, 0.6) is 5.75 Å². The Labute approximate surface area is 180 Å². The van der Waals surface area contributed by atoms with Crippen molar-refractivity contribution < 1.29 is 14.7 Å². The van der Waals surface area contributed by atoms with Gasteiger partial charge in [-0.15, -0.1) is 0 Å². The number of benzene rings is 1. The van der Waals surface area contributed by atoms with Crippen molar-refractivity contribution in [2.75, 3.05) is 11.9 Å². The van der Waals surface area contributed by atoms with Crippen molar-refractivity contribution >= 4 is 17.6 Å². The van der Waals surface area contributed by atoms with Gasteiger partial charge in [0.15, 0.2) is 0 Å². The lowest BCUT2D eigenvalue weighted by Gasteiger charge is -2.11. The van der Waals surface area contributed by atoms with Crippen LogP contribution in [0.4, 0.5) is 10.5 Å². The molecule has 0 unspecified atom stereocenters. The molecule has 0 spiro atoms. The lowest BCUT2D eigenvalue weighted by atomic mass is 10.0. The fraction of sp³-hybridized carbons (Fsp3) is 0.348. The van der Waals surface area contributed by atoms with Gasteiger partial charge < -0.3 is 20.3 Å². The fourth-order valence-electron chi connectivity index (χ4n) is 4.15. The fourth-order valence-corrected chi connectivity index (χ4v) is 4.15. The zero-order chi connectivity index (χ0) is 22.0. The van der Waals surface area contributed by atoms with Crippen LogP contribution in [0.15, 0.2) is 42.6 Å². The first-order chi connectivity index (χ1) is 15.0. The minimum Gasteiger partial charge on any atom is -0.507 e. The second-order valence-corrected chi connectivity index (χ2v) is 7.87. The SMILES string of the molecule is CCNC(=O)n1nc(-c2ccc(NC(=O)c3cccn3C)cc2O)cc1C1CCCC1. The molecule has 0 aliphatic heterocycles. The molecular weight excluding hydrogens is 394 g/mol. The molecule has 1 fully saturated rings. The molecule has 1 aromatic carbocycles. The minimum absolute atomic E-state index is 0.0109. The average Bonchev–Trinajstić information content (AvgIpc) is 3.48. The van der Waals surface area contributed by atoms with Crippen molar-refractivity contribution in [3.63, 3.8) is 0 Å². The van der Waals surface area contributed by atoms with Crippen molar-refractivity contribution in [2.24, 2.45) is 7.05 Å². The number of carbonyl (C=O) groups is 2. The zero-order valence-corrected chi connectivity index (χ0v) is 17.8. The van der Waals surface area contributed by atoms with E-state index in [4.69, 9.17) is 0 Å². The van der Waals surface area contributed by atoms with Crippen molar-refractivity contribution in [3.05, 3.63) is 54.0 Å². The summed E-state index contributed by atoms with van der Waals surface area (Å²) in [6, 6.07) is 10.1. The van der Waals surface area contributed by atoms with Gasteiger partial charge in [-0.2, -0.15) is 9.78 Å². The van der Waals surface area contributed by atoms with Crippen LogP contribution in [0.1, 0.15) is 54.7 Å². The molecule has 162 valence electrons. The Morgan fingerprint density at radius 1 is 1.19 bits per heavy atom. The Morgan fingerprint density at radius 3 is 2.61 bits per heavy atom. The number of carbonyl (C=O) groups excluding carboxylic acids is 2. The number of anilines is 1. The Kier molecular flexibility index (Phi) is 5.79. The second kappa shape index (κ2) is 8.67. The number of nitrogens with zero attached hydrogens (tertiary/aromatic N) is 3. The highest BCUT2D eigenvalue weighted by Crippen LogP contribution is 2.37. The van der Waals surface area contributed by atoms with Crippen LogP contribution in [-0.2, 0) is 7.05 Å². The number of aryl methyl sites for hydroxylation is 1. The zero-order valence-electron chi connectivity index (χ0n) is 17.8. The third kappa shape index (κ3) is 4.19. The molecule has 2 aromatic heterocycles. The number of hydrogen-bond acceptors (Lipinski definition) is 4. The molecule has 0 bridgehead atoms. The number of phenolic OH excluding ortho intramolecular Hbond substituents is 1. The molecule has 2 amide bonds. The molecule has 0 saturated heterocycles. The predicted octanol–water partition coefficient (Wildman–Crippen LogP) is 4.08. The Balaban J connectivity index is 1.62. The number of phenols is 1. The van der Waals surface area contributed by atoms with E-state index in [0.29, 0.717) is 29.2 Å². The molecule has 3 N–H and O–H groups in total. The van der Waals surface area contributed by atoms with Gasteiger partial charge >= 0.3 is 6.03 Å². The topological polar surface area (TPSA) is 101 Å². The lowest BCUT2D eigenvalue weighted by Crippen LogP contribution is -2.30. The summed E-state index contributed by atoms with van der Waals surface area (Å²) in [5.74, 6) is 0.0155. The van der Waals surface area contributed by atoms with Crippen molar-refractivity contribution in [1.29, 1.82) is 0 Å². The third-order valence-electron chi connectivity index (χ3n) is 5.74. The molecule has 31 heavy (non-hydrogen) atoms. The van der Waals surface area contributed by atoms with E-state index >= 15 is 0 Å². The van der Waals surface area contributed by atoms with Gasteiger partial charge in [0.25, 0.3) is 5.91 Å². The molecule has 1 aliphatic carbocycles. The first-order valence-corrected chi connectivity index (χ1v) is 10.6. The lowest BCUT2D eigenvalue weighted by molar-refractivity contribution is 0.101. The molecular formula is C23H27N5O3. The van der Waals surface area contributed by atoms with Gasteiger partial charge in [-0.3, -0.25) is 4.79 Å². The van der Waals surface area contributed by atoms with Crippen LogP contribution in [0, 0.1) is 0 Å². The second-order valence-electron chi connectivity index (χ2n) is 7.87. The van der Waals surface area contributed by atoms with E-state index in [-0.39, 0.29) is 23.6 Å². The van der Waals surface area contributed by atoms with E-state index in [1.807, 2.05) is 13.0 Å². The molecule has 1 saturated carbocycles. The smallest absolute Gasteiger partial charge is 0.342 e. The first-order valence-electron chi connectivity index (χ1n) is 10.6. The molecule has 2 heterocycles. The number of hydrogen-bond donors (Lipinski definition) is 3. The van der Waals surface area contributed by atoms with Crippen LogP contribution in [-0.4, -0.2) is 37.9 Å². The Hall–Kier alpha value is -3.55. The van der Waals surface area contributed by atoms with Gasteiger partial charge in [-0.05, 0) is 50.1 Å². The van der Waals surface area contributed by atoms with Gasteiger partial charge in [0, 0.05) is 43.0 Å². The first kappa shape index (κ1) is 20.7. The summed E-state index contributed by atoms with van der Waals surface area (Å²) in [5.41, 5.74) is 2.92. The van der Waals surface area contributed by atoms with Gasteiger partial charge in [0.1, 0.15) is 11.4 Å². The molecule has 4 rings (SSSR count). The summed E-state index contributed by atoms with van der Waals surface area (Å²) < 4.78 is 3.15. The monoisotopic (exact) mass is 421 g/mol. The highest BCUT2D eigenvalue weighted by molar-refractivity contribution is 6.03. The van der Waals surface area contributed by atoms with Gasteiger partial charge in [-0.1, -0.05) is 12.8 Å². The molecule has 8 nitrogen and oxygen atoms in total. The summed E-state index contributed by atoms with van der Waals surface area (Å²) in [4.78, 5) is 25.0. The number of rotatable bonds is 5. The van der Waals surface area contributed by atoms with Crippen molar-refractivity contribution in [3.8, 4) is 17.0 Å². The predicted molar refractivity (Wildman–Crippen MR) is 118 cm³/mol. The largest absolute Gasteiger partial charge is 0.507 e. The number of amides is 2. The van der Waals surface area contributed by atoms with Crippen LogP contribution in [0.25, 0.3) is 11.3 Å². The van der Waals surface area contributed by atoms with Crippen LogP contribution < -0.4 is 10.6 Å². The Morgan fingerprint density at radius 2 is 1.97 bits per heavy atom. The molecule has 1 aliphatic rings. The number of aromatic nitrogens is 3. The maximum Gasteiger partial charge on any atom is 0.342 e. The Bertz CT molecular complexity index is 1110. The van der Waals surface area contributed by atoms with Crippen LogP contribution in [0.3, 0.4) is 0 Å². The van der Waals surface area contributed by atoms with Crippen LogP contribution >= 0.6 is 0 Å². The number of nitrogens with one attached hydrogen (secondary N) is 2.